The molecule has 2 aliphatic heterocycles. The van der Waals surface area contributed by atoms with Crippen LogP contribution in [0.4, 0.5) is 10.1 Å². The van der Waals surface area contributed by atoms with Crippen molar-refractivity contribution in [1.82, 2.24) is 15.1 Å². The first-order chi connectivity index (χ1) is 12.1. The maximum absolute atomic E-state index is 14.6. The van der Waals surface area contributed by atoms with Crippen LogP contribution in [0.15, 0.2) is 18.2 Å². The van der Waals surface area contributed by atoms with Crippen molar-refractivity contribution >= 4 is 36.4 Å². The lowest BCUT2D eigenvalue weighted by Gasteiger charge is -2.36. The first kappa shape index (κ1) is 24.0. The third kappa shape index (κ3) is 5.70. The van der Waals surface area contributed by atoms with Gasteiger partial charge in [-0.25, -0.2) is 4.39 Å². The Labute approximate surface area is 174 Å². The van der Waals surface area contributed by atoms with Gasteiger partial charge in [0.2, 0.25) is 0 Å². The van der Waals surface area contributed by atoms with Crippen LogP contribution in [0.1, 0.15) is 30.1 Å². The quantitative estimate of drug-likeness (QED) is 0.812. The standard InChI is InChI=1S/C19H29FN4O.2ClH/c1-3-22-9-11-23(12-10-22)18-7-6-15(13-17(18)20)19(25)24-8-4-5-16(14-24)21-2;;/h6-7,13,16,21H,3-5,8-12,14H2,1-2H3;2*1H. The number of piperidine rings is 1. The fraction of sp³-hybridized carbons (Fsp3) is 0.632. The van der Waals surface area contributed by atoms with Crippen molar-refractivity contribution in [3.63, 3.8) is 0 Å². The molecule has 1 N–H and O–H groups in total. The third-order valence-electron chi connectivity index (χ3n) is 5.47. The highest BCUT2D eigenvalue weighted by atomic mass is 35.5. The molecular weight excluding hydrogens is 390 g/mol. The Kier molecular flexibility index (Phi) is 9.81. The summed E-state index contributed by atoms with van der Waals surface area (Å²) in [6.07, 6.45) is 2.07. The second-order valence-electron chi connectivity index (χ2n) is 6.97. The summed E-state index contributed by atoms with van der Waals surface area (Å²) in [4.78, 5) is 19.0. The van der Waals surface area contributed by atoms with Crippen LogP contribution in [-0.2, 0) is 0 Å². The second kappa shape index (κ2) is 11.1. The van der Waals surface area contributed by atoms with Gasteiger partial charge in [0.1, 0.15) is 5.82 Å². The number of benzene rings is 1. The summed E-state index contributed by atoms with van der Waals surface area (Å²) in [5, 5.41) is 3.23. The van der Waals surface area contributed by atoms with Crippen molar-refractivity contribution in [3.05, 3.63) is 29.6 Å². The van der Waals surface area contributed by atoms with Gasteiger partial charge in [0.05, 0.1) is 5.69 Å². The van der Waals surface area contributed by atoms with E-state index in [-0.39, 0.29) is 36.5 Å². The number of amides is 1. The summed E-state index contributed by atoms with van der Waals surface area (Å²) >= 11 is 0. The average molecular weight is 421 g/mol. The normalized spacial score (nSPS) is 20.6. The van der Waals surface area contributed by atoms with Gasteiger partial charge in [-0.2, -0.15) is 0 Å². The fourth-order valence-corrected chi connectivity index (χ4v) is 3.78. The molecule has 0 saturated carbocycles. The number of nitrogens with zero attached hydrogens (tertiary/aromatic N) is 3. The highest BCUT2D eigenvalue weighted by Gasteiger charge is 2.25. The van der Waals surface area contributed by atoms with E-state index < -0.39 is 0 Å². The lowest BCUT2D eigenvalue weighted by atomic mass is 10.0. The van der Waals surface area contributed by atoms with Crippen molar-refractivity contribution < 1.29 is 9.18 Å². The second-order valence-corrected chi connectivity index (χ2v) is 6.97. The molecule has 0 bridgehead atoms. The Morgan fingerprint density at radius 2 is 1.89 bits per heavy atom. The summed E-state index contributed by atoms with van der Waals surface area (Å²) in [7, 11) is 1.92. The number of rotatable bonds is 4. The van der Waals surface area contributed by atoms with E-state index in [4.69, 9.17) is 0 Å². The van der Waals surface area contributed by atoms with Crippen LogP contribution in [-0.4, -0.2) is 74.6 Å². The summed E-state index contributed by atoms with van der Waals surface area (Å²) in [6, 6.07) is 5.28. The Bertz CT molecular complexity index is 611. The minimum Gasteiger partial charge on any atom is -0.367 e. The molecule has 5 nitrogen and oxygen atoms in total. The van der Waals surface area contributed by atoms with Crippen LogP contribution in [0.25, 0.3) is 0 Å². The zero-order chi connectivity index (χ0) is 17.8. The number of likely N-dealkylation sites (tertiary alicyclic amines) is 1. The topological polar surface area (TPSA) is 38.8 Å². The predicted octanol–water partition coefficient (Wildman–Crippen LogP) is 2.64. The highest BCUT2D eigenvalue weighted by molar-refractivity contribution is 5.94. The number of carbonyl (C=O) groups excluding carboxylic acids is 1. The molecule has 0 aliphatic carbocycles. The van der Waals surface area contributed by atoms with Crippen molar-refractivity contribution in [1.29, 1.82) is 0 Å². The number of hydrogen-bond acceptors (Lipinski definition) is 4. The molecule has 2 aliphatic rings. The number of piperazine rings is 1. The lowest BCUT2D eigenvalue weighted by molar-refractivity contribution is 0.0697. The number of likely N-dealkylation sites (N-methyl/N-ethyl adjacent to an activating group) is 2. The van der Waals surface area contributed by atoms with E-state index in [1.165, 1.54) is 6.07 Å². The van der Waals surface area contributed by atoms with Gasteiger partial charge in [-0.3, -0.25) is 4.79 Å². The molecule has 0 spiro atoms. The van der Waals surface area contributed by atoms with Crippen LogP contribution >= 0.6 is 24.8 Å². The molecule has 3 rings (SSSR count). The Morgan fingerprint density at radius 1 is 1.19 bits per heavy atom. The Hall–Kier alpha value is -1.08. The van der Waals surface area contributed by atoms with Crippen LogP contribution < -0.4 is 10.2 Å². The monoisotopic (exact) mass is 420 g/mol. The number of carbonyl (C=O) groups is 1. The van der Waals surface area contributed by atoms with Crippen LogP contribution in [0.3, 0.4) is 0 Å². The van der Waals surface area contributed by atoms with Gasteiger partial charge in [0.15, 0.2) is 0 Å². The van der Waals surface area contributed by atoms with Crippen molar-refractivity contribution in [3.8, 4) is 0 Å². The van der Waals surface area contributed by atoms with Gasteiger partial charge in [0.25, 0.3) is 5.91 Å². The van der Waals surface area contributed by atoms with Gasteiger partial charge < -0.3 is 20.0 Å². The smallest absolute Gasteiger partial charge is 0.254 e. The minimum atomic E-state index is -0.294. The van der Waals surface area contributed by atoms with Crippen LogP contribution in [0.5, 0.6) is 0 Å². The molecule has 154 valence electrons. The van der Waals surface area contributed by atoms with E-state index in [2.05, 4.69) is 22.0 Å². The summed E-state index contributed by atoms with van der Waals surface area (Å²) in [5.41, 5.74) is 1.06. The van der Waals surface area contributed by atoms with E-state index in [1.54, 1.807) is 12.1 Å². The minimum absolute atomic E-state index is 0. The number of anilines is 1. The average Bonchev–Trinajstić information content (AvgIpc) is 2.67. The molecule has 2 heterocycles. The molecule has 8 heteroatoms. The molecule has 2 fully saturated rings. The maximum atomic E-state index is 14.6. The first-order valence-electron chi connectivity index (χ1n) is 9.35. The van der Waals surface area contributed by atoms with E-state index in [1.807, 2.05) is 11.9 Å². The fourth-order valence-electron chi connectivity index (χ4n) is 3.78. The van der Waals surface area contributed by atoms with Gasteiger partial charge in [-0.1, -0.05) is 6.92 Å². The van der Waals surface area contributed by atoms with E-state index in [0.29, 0.717) is 23.8 Å². The third-order valence-corrected chi connectivity index (χ3v) is 5.47. The van der Waals surface area contributed by atoms with Gasteiger partial charge in [-0.05, 0) is 44.6 Å². The van der Waals surface area contributed by atoms with Crippen molar-refractivity contribution in [2.24, 2.45) is 0 Å². The zero-order valence-corrected chi connectivity index (χ0v) is 17.8. The van der Waals surface area contributed by atoms with Gasteiger partial charge in [-0.15, -0.1) is 24.8 Å². The molecule has 2 saturated heterocycles. The molecule has 1 aromatic carbocycles. The molecule has 1 aromatic rings. The predicted molar refractivity (Wildman–Crippen MR) is 113 cm³/mol. The van der Waals surface area contributed by atoms with Crippen molar-refractivity contribution in [2.45, 2.75) is 25.8 Å². The van der Waals surface area contributed by atoms with Crippen molar-refractivity contribution in [2.75, 3.05) is 57.8 Å². The molecular formula is C19H31Cl2FN4O. The zero-order valence-electron chi connectivity index (χ0n) is 16.1. The molecule has 0 radical (unpaired) electrons. The molecule has 1 amide bonds. The highest BCUT2D eigenvalue weighted by Crippen LogP contribution is 2.23. The molecule has 0 aromatic heterocycles. The van der Waals surface area contributed by atoms with E-state index >= 15 is 0 Å². The number of hydrogen-bond donors (Lipinski definition) is 1. The molecule has 1 unspecified atom stereocenters. The largest absolute Gasteiger partial charge is 0.367 e. The maximum Gasteiger partial charge on any atom is 0.254 e. The number of nitrogens with one attached hydrogen (secondary N) is 1. The summed E-state index contributed by atoms with van der Waals surface area (Å²) < 4.78 is 14.6. The van der Waals surface area contributed by atoms with E-state index in [0.717, 1.165) is 52.1 Å². The Morgan fingerprint density at radius 3 is 2.48 bits per heavy atom. The van der Waals surface area contributed by atoms with Crippen LogP contribution in [0.2, 0.25) is 0 Å². The SMILES string of the molecule is CCN1CCN(c2ccc(C(=O)N3CCCC(NC)C3)cc2F)CC1.Cl.Cl. The number of halogens is 3. The Balaban J connectivity index is 0.00000182. The molecule has 27 heavy (non-hydrogen) atoms. The first-order valence-corrected chi connectivity index (χ1v) is 9.35. The van der Waals surface area contributed by atoms with Gasteiger partial charge >= 0.3 is 0 Å². The van der Waals surface area contributed by atoms with E-state index in [9.17, 15) is 9.18 Å². The summed E-state index contributed by atoms with van der Waals surface area (Å²) in [5.74, 6) is -0.362. The summed E-state index contributed by atoms with van der Waals surface area (Å²) in [6.45, 7) is 8.19. The lowest BCUT2D eigenvalue weighted by Crippen LogP contribution is -2.47. The van der Waals surface area contributed by atoms with Crippen LogP contribution in [0, 0.1) is 5.82 Å². The molecule has 1 atom stereocenters. The van der Waals surface area contributed by atoms with Gasteiger partial charge in [0, 0.05) is 50.9 Å².